The van der Waals surface area contributed by atoms with E-state index >= 15 is 0 Å². The summed E-state index contributed by atoms with van der Waals surface area (Å²) in [6, 6.07) is 16.0. The van der Waals surface area contributed by atoms with E-state index in [1.165, 1.54) is 19.1 Å². The number of hydrogen-bond donors (Lipinski definition) is 1. The van der Waals surface area contributed by atoms with Crippen LogP contribution in [0.1, 0.15) is 24.3 Å². The van der Waals surface area contributed by atoms with Crippen molar-refractivity contribution in [2.75, 3.05) is 19.1 Å². The second-order valence-corrected chi connectivity index (χ2v) is 7.45. The zero-order valence-electron chi connectivity index (χ0n) is 18.9. The van der Waals surface area contributed by atoms with Crippen molar-refractivity contribution >= 4 is 28.7 Å². The van der Waals surface area contributed by atoms with Crippen molar-refractivity contribution in [3.63, 3.8) is 0 Å². The van der Waals surface area contributed by atoms with Gasteiger partial charge in [-0.3, -0.25) is 4.90 Å². The molecular formula is C25H22N4O5. The minimum atomic E-state index is -0.926. The molecule has 9 heteroatoms. The fraction of sp³-hybridized carbons (Fsp3) is 0.200. The van der Waals surface area contributed by atoms with E-state index in [-0.39, 0.29) is 22.7 Å². The van der Waals surface area contributed by atoms with Crippen molar-refractivity contribution in [1.29, 1.82) is 5.26 Å². The molecular weight excluding hydrogens is 436 g/mol. The molecule has 0 fully saturated rings. The van der Waals surface area contributed by atoms with Gasteiger partial charge in [0, 0.05) is 12.5 Å². The smallest absolute Gasteiger partial charge is 0.355 e. The molecule has 1 unspecified atom stereocenters. The average Bonchev–Trinajstić information content (AvgIpc) is 3.30. The highest BCUT2D eigenvalue weighted by molar-refractivity contribution is 6.06. The number of oxazole rings is 1. The van der Waals surface area contributed by atoms with Gasteiger partial charge < -0.3 is 19.6 Å². The van der Waals surface area contributed by atoms with E-state index in [1.54, 1.807) is 48.5 Å². The van der Waals surface area contributed by atoms with Gasteiger partial charge in [0.1, 0.15) is 17.0 Å². The number of nitrogens with two attached hydrogens (primary N) is 1. The lowest BCUT2D eigenvalue weighted by molar-refractivity contribution is -0.139. The molecule has 0 aliphatic carbocycles. The molecule has 2 heterocycles. The zero-order valence-corrected chi connectivity index (χ0v) is 18.9. The fourth-order valence-corrected chi connectivity index (χ4v) is 4.03. The van der Waals surface area contributed by atoms with Crippen LogP contribution in [0, 0.1) is 11.3 Å². The number of aromatic nitrogens is 1. The Bertz CT molecular complexity index is 1380. The summed E-state index contributed by atoms with van der Waals surface area (Å²) in [5, 5.41) is 10.1. The van der Waals surface area contributed by atoms with E-state index in [0.717, 1.165) is 0 Å². The Hall–Kier alpha value is -4.58. The van der Waals surface area contributed by atoms with E-state index in [4.69, 9.17) is 19.6 Å². The lowest BCUT2D eigenvalue weighted by Gasteiger charge is -2.35. The molecule has 0 saturated heterocycles. The van der Waals surface area contributed by atoms with E-state index in [0.29, 0.717) is 34.7 Å². The summed E-state index contributed by atoms with van der Waals surface area (Å²) in [6.45, 7) is 1.92. The number of nitrogens with zero attached hydrogens (tertiary/aromatic N) is 3. The van der Waals surface area contributed by atoms with Crippen LogP contribution in [-0.2, 0) is 25.5 Å². The van der Waals surface area contributed by atoms with Gasteiger partial charge in [-0.2, -0.15) is 5.26 Å². The molecule has 0 amide bonds. The van der Waals surface area contributed by atoms with Crippen LogP contribution in [0.15, 0.2) is 75.6 Å². The van der Waals surface area contributed by atoms with E-state index in [2.05, 4.69) is 11.1 Å². The van der Waals surface area contributed by atoms with Gasteiger partial charge in [0.15, 0.2) is 11.5 Å². The number of carbonyl (C=O) groups is 2. The third-order valence-corrected chi connectivity index (χ3v) is 5.59. The lowest BCUT2D eigenvalue weighted by atomic mass is 9.81. The number of benzene rings is 2. The van der Waals surface area contributed by atoms with Gasteiger partial charge in [0.2, 0.25) is 0 Å². The van der Waals surface area contributed by atoms with Crippen molar-refractivity contribution < 1.29 is 23.5 Å². The molecule has 34 heavy (non-hydrogen) atoms. The maximum absolute atomic E-state index is 13.1. The number of allylic oxidation sites excluding steroid dienone is 1. The van der Waals surface area contributed by atoms with Crippen LogP contribution in [0.4, 0.5) is 5.69 Å². The van der Waals surface area contributed by atoms with Crippen LogP contribution in [0.5, 0.6) is 0 Å². The number of anilines is 1. The van der Waals surface area contributed by atoms with Crippen molar-refractivity contribution in [2.45, 2.75) is 19.3 Å². The second kappa shape index (κ2) is 9.11. The average molecular weight is 458 g/mol. The van der Waals surface area contributed by atoms with Crippen LogP contribution in [0.25, 0.3) is 11.1 Å². The molecule has 1 aliphatic rings. The molecule has 2 aromatic carbocycles. The Morgan fingerprint density at radius 2 is 1.85 bits per heavy atom. The number of ether oxygens (including phenoxy) is 2. The number of esters is 2. The Morgan fingerprint density at radius 1 is 1.15 bits per heavy atom. The standard InChI is InChI=1S/C25H22N4O5/c1-4-19-28-17-11-10-15(12-18(17)34-19)29-22(25(31)33-3)21(24(30)32-2)20(16(13-26)23(29)27)14-8-6-5-7-9-14/h5-12,20H,4,27H2,1-3H3. The third kappa shape index (κ3) is 3.65. The van der Waals surface area contributed by atoms with Crippen LogP contribution < -0.4 is 10.6 Å². The first-order chi connectivity index (χ1) is 16.4. The van der Waals surface area contributed by atoms with Gasteiger partial charge >= 0.3 is 11.9 Å². The molecule has 1 aromatic heterocycles. The largest absolute Gasteiger partial charge is 0.466 e. The Kier molecular flexibility index (Phi) is 6.06. The van der Waals surface area contributed by atoms with E-state index in [9.17, 15) is 14.9 Å². The summed E-state index contributed by atoms with van der Waals surface area (Å²) < 4.78 is 15.8. The van der Waals surface area contributed by atoms with Gasteiger partial charge in [0.05, 0.1) is 43.0 Å². The quantitative estimate of drug-likeness (QED) is 0.572. The highest BCUT2D eigenvalue weighted by Gasteiger charge is 2.43. The summed E-state index contributed by atoms with van der Waals surface area (Å²) in [5.41, 5.74) is 8.47. The molecule has 3 aromatic rings. The second-order valence-electron chi connectivity index (χ2n) is 7.45. The number of fused-ring (bicyclic) bond motifs is 1. The van der Waals surface area contributed by atoms with Crippen LogP contribution >= 0.6 is 0 Å². The van der Waals surface area contributed by atoms with Crippen LogP contribution in [-0.4, -0.2) is 31.1 Å². The number of aryl methyl sites for hydroxylation is 1. The molecule has 172 valence electrons. The topological polar surface area (TPSA) is 132 Å². The molecule has 0 saturated carbocycles. The van der Waals surface area contributed by atoms with Crippen LogP contribution in [0.2, 0.25) is 0 Å². The third-order valence-electron chi connectivity index (χ3n) is 5.59. The Morgan fingerprint density at radius 3 is 2.47 bits per heavy atom. The Labute approximate surface area is 195 Å². The summed E-state index contributed by atoms with van der Waals surface area (Å²) in [4.78, 5) is 31.9. The summed E-state index contributed by atoms with van der Waals surface area (Å²) >= 11 is 0. The fourth-order valence-electron chi connectivity index (χ4n) is 4.03. The van der Waals surface area contributed by atoms with Crippen LogP contribution in [0.3, 0.4) is 0 Å². The van der Waals surface area contributed by atoms with Gasteiger partial charge in [-0.1, -0.05) is 37.3 Å². The minimum Gasteiger partial charge on any atom is -0.466 e. The highest BCUT2D eigenvalue weighted by Crippen LogP contribution is 2.43. The molecule has 9 nitrogen and oxygen atoms in total. The van der Waals surface area contributed by atoms with E-state index in [1.807, 2.05) is 6.92 Å². The maximum Gasteiger partial charge on any atom is 0.355 e. The normalized spacial score (nSPS) is 15.9. The number of methoxy groups -OCH3 is 2. The summed E-state index contributed by atoms with van der Waals surface area (Å²) in [6.07, 6.45) is 0.604. The van der Waals surface area contributed by atoms with Crippen molar-refractivity contribution in [3.8, 4) is 6.07 Å². The Balaban J connectivity index is 2.04. The number of carbonyl (C=O) groups excluding carboxylic acids is 2. The molecule has 4 rings (SSSR count). The van der Waals surface area contributed by atoms with Gasteiger partial charge in [-0.15, -0.1) is 0 Å². The number of nitriles is 1. The molecule has 0 radical (unpaired) electrons. The van der Waals surface area contributed by atoms with Gasteiger partial charge in [0.25, 0.3) is 0 Å². The molecule has 0 spiro atoms. The first kappa shape index (κ1) is 22.6. The predicted octanol–water partition coefficient (Wildman–Crippen LogP) is 3.29. The van der Waals surface area contributed by atoms with Crippen molar-refractivity contribution in [3.05, 3.63) is 82.6 Å². The molecule has 1 aliphatic heterocycles. The predicted molar refractivity (Wildman–Crippen MR) is 123 cm³/mol. The lowest BCUT2D eigenvalue weighted by Crippen LogP contribution is -2.40. The molecule has 0 bridgehead atoms. The molecule has 1 atom stereocenters. The minimum absolute atomic E-state index is 0.0148. The first-order valence-corrected chi connectivity index (χ1v) is 10.5. The van der Waals surface area contributed by atoms with Crippen molar-refractivity contribution in [2.24, 2.45) is 5.73 Å². The highest BCUT2D eigenvalue weighted by atomic mass is 16.5. The van der Waals surface area contributed by atoms with E-state index < -0.39 is 17.9 Å². The van der Waals surface area contributed by atoms with Crippen molar-refractivity contribution in [1.82, 2.24) is 4.98 Å². The maximum atomic E-state index is 13.1. The number of hydrogen-bond acceptors (Lipinski definition) is 9. The number of rotatable bonds is 5. The zero-order chi connectivity index (χ0) is 24.4. The summed E-state index contributed by atoms with van der Waals surface area (Å²) in [7, 11) is 2.41. The van der Waals surface area contributed by atoms with Gasteiger partial charge in [-0.25, -0.2) is 14.6 Å². The summed E-state index contributed by atoms with van der Waals surface area (Å²) in [5.74, 6) is -1.99. The molecule has 2 N–H and O–H groups in total. The first-order valence-electron chi connectivity index (χ1n) is 10.5. The monoisotopic (exact) mass is 458 g/mol. The van der Waals surface area contributed by atoms with Gasteiger partial charge in [-0.05, 0) is 17.7 Å². The SMILES string of the molecule is CCc1nc2ccc(N3C(N)=C(C#N)C(c4ccccc4)C(C(=O)OC)=C3C(=O)OC)cc2o1.